The van der Waals surface area contributed by atoms with E-state index in [1.165, 1.54) is 0 Å². The van der Waals surface area contributed by atoms with Gasteiger partial charge in [0.05, 0.1) is 12.2 Å². The Morgan fingerprint density at radius 1 is 1.12 bits per heavy atom. The zero-order valence-electron chi connectivity index (χ0n) is 14.7. The summed E-state index contributed by atoms with van der Waals surface area (Å²) in [5.74, 6) is 0.383. The second-order valence-corrected chi connectivity index (χ2v) is 6.08. The monoisotopic (exact) mass is 335 g/mol. The van der Waals surface area contributed by atoms with Gasteiger partial charge >= 0.3 is 0 Å². The quantitative estimate of drug-likeness (QED) is 0.778. The molecule has 0 bridgehead atoms. The average molecular weight is 335 g/mol. The van der Waals surface area contributed by atoms with E-state index in [4.69, 9.17) is 0 Å². The molecule has 128 valence electrons. The molecule has 0 fully saturated rings. The number of carbonyl (C=O) groups excluding carboxylic acids is 1. The molecule has 3 rings (SSSR count). The summed E-state index contributed by atoms with van der Waals surface area (Å²) >= 11 is 0. The highest BCUT2D eigenvalue weighted by molar-refractivity contribution is 5.92. The lowest BCUT2D eigenvalue weighted by molar-refractivity contribution is 0.0945. The Kier molecular flexibility index (Phi) is 4.88. The van der Waals surface area contributed by atoms with Gasteiger partial charge in [-0.2, -0.15) is 5.10 Å². The van der Waals surface area contributed by atoms with Gasteiger partial charge in [-0.3, -0.25) is 9.48 Å². The molecule has 0 radical (unpaired) electrons. The molecule has 0 saturated carbocycles. The van der Waals surface area contributed by atoms with Crippen molar-refractivity contribution in [2.75, 3.05) is 0 Å². The fourth-order valence-electron chi connectivity index (χ4n) is 2.70. The first kappa shape index (κ1) is 16.8. The minimum atomic E-state index is -0.200. The molecule has 2 heterocycles. The predicted octanol–water partition coefficient (Wildman–Crippen LogP) is 2.58. The fourth-order valence-corrected chi connectivity index (χ4v) is 2.70. The SMILES string of the molecule is Cc1cc(C)n(Cc2cccc(CNC(=O)c3ccnc(C)n3)c2)n1. The molecule has 25 heavy (non-hydrogen) atoms. The highest BCUT2D eigenvalue weighted by Crippen LogP contribution is 2.10. The Morgan fingerprint density at radius 2 is 1.92 bits per heavy atom. The average Bonchev–Trinajstić information content (AvgIpc) is 2.90. The molecule has 0 atom stereocenters. The number of rotatable bonds is 5. The summed E-state index contributed by atoms with van der Waals surface area (Å²) in [6.45, 7) is 6.97. The number of aryl methyl sites for hydroxylation is 3. The van der Waals surface area contributed by atoms with E-state index in [0.29, 0.717) is 24.6 Å². The fraction of sp³-hybridized carbons (Fsp3) is 0.263. The van der Waals surface area contributed by atoms with Gasteiger partial charge in [0, 0.05) is 18.4 Å². The van der Waals surface area contributed by atoms with E-state index in [-0.39, 0.29) is 5.91 Å². The van der Waals surface area contributed by atoms with E-state index < -0.39 is 0 Å². The molecule has 0 aliphatic rings. The summed E-state index contributed by atoms with van der Waals surface area (Å²) < 4.78 is 1.98. The van der Waals surface area contributed by atoms with Crippen LogP contribution in [-0.4, -0.2) is 25.7 Å². The van der Waals surface area contributed by atoms with Gasteiger partial charge in [0.2, 0.25) is 0 Å². The summed E-state index contributed by atoms with van der Waals surface area (Å²) in [6, 6.07) is 11.8. The maximum absolute atomic E-state index is 12.2. The number of benzene rings is 1. The number of carbonyl (C=O) groups is 1. The molecule has 1 aromatic carbocycles. The number of nitrogens with one attached hydrogen (secondary N) is 1. The Balaban J connectivity index is 1.65. The topological polar surface area (TPSA) is 72.7 Å². The molecule has 0 aliphatic carbocycles. The summed E-state index contributed by atoms with van der Waals surface area (Å²) in [7, 11) is 0. The molecule has 0 unspecified atom stereocenters. The van der Waals surface area contributed by atoms with Crippen LogP contribution in [-0.2, 0) is 13.1 Å². The molecule has 1 amide bonds. The molecule has 3 aromatic rings. The number of nitrogens with zero attached hydrogens (tertiary/aromatic N) is 4. The van der Waals surface area contributed by atoms with Crippen molar-refractivity contribution < 1.29 is 4.79 Å². The van der Waals surface area contributed by atoms with E-state index in [9.17, 15) is 4.79 Å². The highest BCUT2D eigenvalue weighted by atomic mass is 16.1. The Morgan fingerprint density at radius 3 is 2.64 bits per heavy atom. The van der Waals surface area contributed by atoms with Crippen molar-refractivity contribution in [2.24, 2.45) is 0 Å². The van der Waals surface area contributed by atoms with E-state index in [0.717, 1.165) is 22.5 Å². The molecular formula is C19H21N5O. The predicted molar refractivity (Wildman–Crippen MR) is 95.2 cm³/mol. The van der Waals surface area contributed by atoms with Gasteiger partial charge in [-0.05, 0) is 44.0 Å². The van der Waals surface area contributed by atoms with Crippen LogP contribution in [0.25, 0.3) is 0 Å². The first-order chi connectivity index (χ1) is 12.0. The van der Waals surface area contributed by atoms with Crippen LogP contribution in [0.4, 0.5) is 0 Å². The second kappa shape index (κ2) is 7.25. The van der Waals surface area contributed by atoms with Crippen molar-refractivity contribution in [1.29, 1.82) is 0 Å². The van der Waals surface area contributed by atoms with Crippen LogP contribution in [0.5, 0.6) is 0 Å². The van der Waals surface area contributed by atoms with Crippen molar-refractivity contribution >= 4 is 5.91 Å². The van der Waals surface area contributed by atoms with E-state index >= 15 is 0 Å². The molecule has 6 nitrogen and oxygen atoms in total. The van der Waals surface area contributed by atoms with Gasteiger partial charge in [-0.25, -0.2) is 9.97 Å². The van der Waals surface area contributed by atoms with Crippen molar-refractivity contribution in [3.05, 3.63) is 76.6 Å². The normalized spacial score (nSPS) is 10.7. The largest absolute Gasteiger partial charge is 0.347 e. The maximum Gasteiger partial charge on any atom is 0.270 e. The minimum absolute atomic E-state index is 0.200. The summed E-state index contributed by atoms with van der Waals surface area (Å²) in [5.41, 5.74) is 4.72. The van der Waals surface area contributed by atoms with Gasteiger partial charge < -0.3 is 5.32 Å². The minimum Gasteiger partial charge on any atom is -0.347 e. The number of hydrogen-bond acceptors (Lipinski definition) is 4. The van der Waals surface area contributed by atoms with E-state index in [2.05, 4.69) is 38.6 Å². The van der Waals surface area contributed by atoms with Crippen LogP contribution >= 0.6 is 0 Å². The van der Waals surface area contributed by atoms with Crippen LogP contribution in [0.1, 0.15) is 38.8 Å². The lowest BCUT2D eigenvalue weighted by atomic mass is 10.1. The van der Waals surface area contributed by atoms with Gasteiger partial charge in [0.15, 0.2) is 0 Å². The molecule has 1 N–H and O–H groups in total. The summed E-state index contributed by atoms with van der Waals surface area (Å²) in [5, 5.41) is 7.39. The van der Waals surface area contributed by atoms with Crippen LogP contribution < -0.4 is 5.32 Å². The van der Waals surface area contributed by atoms with E-state index in [1.54, 1.807) is 19.2 Å². The lowest BCUT2D eigenvalue weighted by Gasteiger charge is -2.09. The molecule has 2 aromatic heterocycles. The smallest absolute Gasteiger partial charge is 0.270 e. The molecular weight excluding hydrogens is 314 g/mol. The van der Waals surface area contributed by atoms with Crippen LogP contribution in [0, 0.1) is 20.8 Å². The lowest BCUT2D eigenvalue weighted by Crippen LogP contribution is -2.24. The van der Waals surface area contributed by atoms with Crippen LogP contribution in [0.15, 0.2) is 42.6 Å². The van der Waals surface area contributed by atoms with Crippen LogP contribution in [0.2, 0.25) is 0 Å². The van der Waals surface area contributed by atoms with Gasteiger partial charge in [0.1, 0.15) is 11.5 Å². The third kappa shape index (κ3) is 4.29. The zero-order valence-corrected chi connectivity index (χ0v) is 14.7. The summed E-state index contributed by atoms with van der Waals surface area (Å²) in [6.07, 6.45) is 1.59. The van der Waals surface area contributed by atoms with Crippen LogP contribution in [0.3, 0.4) is 0 Å². The molecule has 0 spiro atoms. The number of amides is 1. The molecule has 6 heteroatoms. The van der Waals surface area contributed by atoms with Crippen molar-refractivity contribution in [3.8, 4) is 0 Å². The maximum atomic E-state index is 12.2. The third-order valence-electron chi connectivity index (χ3n) is 3.89. The standard InChI is InChI=1S/C19H21N5O/c1-13-9-14(2)24(23-13)12-17-6-4-5-16(10-17)11-21-19(25)18-7-8-20-15(3)22-18/h4-10H,11-12H2,1-3H3,(H,21,25). The number of hydrogen-bond donors (Lipinski definition) is 1. The summed E-state index contributed by atoms with van der Waals surface area (Å²) in [4.78, 5) is 20.3. The second-order valence-electron chi connectivity index (χ2n) is 6.08. The molecule has 0 saturated heterocycles. The van der Waals surface area contributed by atoms with Gasteiger partial charge in [-0.1, -0.05) is 24.3 Å². The third-order valence-corrected chi connectivity index (χ3v) is 3.89. The Hall–Kier alpha value is -3.02. The Bertz CT molecular complexity index is 900. The van der Waals surface area contributed by atoms with Crippen molar-refractivity contribution in [2.45, 2.75) is 33.9 Å². The van der Waals surface area contributed by atoms with Gasteiger partial charge in [-0.15, -0.1) is 0 Å². The molecule has 0 aliphatic heterocycles. The van der Waals surface area contributed by atoms with Gasteiger partial charge in [0.25, 0.3) is 5.91 Å². The van der Waals surface area contributed by atoms with E-state index in [1.807, 2.05) is 30.7 Å². The highest BCUT2D eigenvalue weighted by Gasteiger charge is 2.08. The van der Waals surface area contributed by atoms with Crippen molar-refractivity contribution in [3.63, 3.8) is 0 Å². The van der Waals surface area contributed by atoms with Crippen molar-refractivity contribution in [1.82, 2.24) is 25.1 Å². The Labute approximate surface area is 146 Å². The first-order valence-corrected chi connectivity index (χ1v) is 8.18. The zero-order chi connectivity index (χ0) is 17.8. The first-order valence-electron chi connectivity index (χ1n) is 8.18. The number of aromatic nitrogens is 4.